The SMILES string of the molecule is Oc1ccc(/C=N/n2c(-c3cccs3)n[nH]c2=S)cc1O. The molecule has 106 valence electrons. The van der Waals surface area contributed by atoms with Gasteiger partial charge in [0.15, 0.2) is 17.3 Å². The van der Waals surface area contributed by atoms with Gasteiger partial charge < -0.3 is 10.2 Å². The van der Waals surface area contributed by atoms with E-state index in [1.807, 2.05) is 17.5 Å². The summed E-state index contributed by atoms with van der Waals surface area (Å²) in [6, 6.07) is 8.28. The summed E-state index contributed by atoms with van der Waals surface area (Å²) >= 11 is 6.69. The molecule has 8 heteroatoms. The number of hydrogen-bond acceptors (Lipinski definition) is 6. The molecule has 0 radical (unpaired) electrons. The van der Waals surface area contributed by atoms with Crippen molar-refractivity contribution in [1.29, 1.82) is 0 Å². The Morgan fingerprint density at radius 1 is 1.29 bits per heavy atom. The van der Waals surface area contributed by atoms with Gasteiger partial charge in [0.2, 0.25) is 4.77 Å². The van der Waals surface area contributed by atoms with Gasteiger partial charge in [0.25, 0.3) is 0 Å². The van der Waals surface area contributed by atoms with Crippen LogP contribution in [0.5, 0.6) is 11.5 Å². The Morgan fingerprint density at radius 3 is 2.86 bits per heavy atom. The van der Waals surface area contributed by atoms with Crippen LogP contribution in [0, 0.1) is 4.77 Å². The molecule has 2 heterocycles. The highest BCUT2D eigenvalue weighted by Crippen LogP contribution is 2.25. The number of thiophene rings is 1. The van der Waals surface area contributed by atoms with Crippen LogP contribution in [0.1, 0.15) is 5.56 Å². The predicted octanol–water partition coefficient (Wildman–Crippen LogP) is 2.96. The van der Waals surface area contributed by atoms with Crippen LogP contribution in [0.25, 0.3) is 10.7 Å². The van der Waals surface area contributed by atoms with Gasteiger partial charge in [-0.15, -0.1) is 11.3 Å². The van der Waals surface area contributed by atoms with Crippen LogP contribution in [0.3, 0.4) is 0 Å². The molecule has 0 aliphatic carbocycles. The van der Waals surface area contributed by atoms with Crippen molar-refractivity contribution in [3.8, 4) is 22.2 Å². The molecule has 0 saturated heterocycles. The number of aromatic hydroxyl groups is 2. The molecule has 1 aromatic carbocycles. The number of H-pyrrole nitrogens is 1. The molecule has 0 bridgehead atoms. The third-order valence-electron chi connectivity index (χ3n) is 2.71. The van der Waals surface area contributed by atoms with Crippen molar-refractivity contribution in [3.05, 3.63) is 46.0 Å². The van der Waals surface area contributed by atoms with Crippen LogP contribution in [0.4, 0.5) is 0 Å². The maximum absolute atomic E-state index is 9.46. The van der Waals surface area contributed by atoms with Crippen LogP contribution in [-0.2, 0) is 0 Å². The van der Waals surface area contributed by atoms with E-state index in [4.69, 9.17) is 12.2 Å². The average molecular weight is 318 g/mol. The number of hydrogen-bond donors (Lipinski definition) is 3. The lowest BCUT2D eigenvalue weighted by Crippen LogP contribution is -1.93. The van der Waals surface area contributed by atoms with Gasteiger partial charge in [-0.1, -0.05) is 6.07 Å². The third-order valence-corrected chi connectivity index (χ3v) is 3.84. The van der Waals surface area contributed by atoms with Crippen LogP contribution in [0.15, 0.2) is 40.8 Å². The van der Waals surface area contributed by atoms with E-state index < -0.39 is 0 Å². The van der Waals surface area contributed by atoms with Crippen molar-refractivity contribution in [2.45, 2.75) is 0 Å². The lowest BCUT2D eigenvalue weighted by molar-refractivity contribution is 0.403. The molecule has 3 N–H and O–H groups in total. The van der Waals surface area contributed by atoms with E-state index in [0.29, 0.717) is 16.2 Å². The van der Waals surface area contributed by atoms with Crippen LogP contribution < -0.4 is 0 Å². The van der Waals surface area contributed by atoms with Gasteiger partial charge in [0, 0.05) is 0 Å². The van der Waals surface area contributed by atoms with E-state index in [1.165, 1.54) is 34.4 Å². The number of phenolic OH excluding ortho intramolecular Hbond substituents is 2. The Bertz CT molecular complexity index is 849. The van der Waals surface area contributed by atoms with Gasteiger partial charge in [-0.2, -0.15) is 14.9 Å². The number of benzene rings is 1. The molecule has 0 unspecified atom stereocenters. The molecule has 0 spiro atoms. The van der Waals surface area contributed by atoms with Crippen molar-refractivity contribution in [1.82, 2.24) is 14.9 Å². The van der Waals surface area contributed by atoms with Crippen molar-refractivity contribution >= 4 is 29.8 Å². The van der Waals surface area contributed by atoms with E-state index >= 15 is 0 Å². The molecule has 0 aliphatic rings. The number of phenols is 2. The molecule has 3 aromatic rings. The Hall–Kier alpha value is -2.45. The normalized spacial score (nSPS) is 11.2. The van der Waals surface area contributed by atoms with Crippen molar-refractivity contribution in [2.75, 3.05) is 0 Å². The minimum atomic E-state index is -0.201. The van der Waals surface area contributed by atoms with Crippen molar-refractivity contribution in [3.63, 3.8) is 0 Å². The van der Waals surface area contributed by atoms with E-state index in [1.54, 1.807) is 6.07 Å². The second-order valence-corrected chi connectivity index (χ2v) is 5.47. The monoisotopic (exact) mass is 318 g/mol. The first-order chi connectivity index (χ1) is 10.1. The van der Waals surface area contributed by atoms with E-state index in [-0.39, 0.29) is 11.5 Å². The summed E-state index contributed by atoms with van der Waals surface area (Å²) in [4.78, 5) is 0.938. The molecule has 0 aliphatic heterocycles. The Balaban J connectivity index is 1.98. The summed E-state index contributed by atoms with van der Waals surface area (Å²) in [5.41, 5.74) is 0.630. The van der Waals surface area contributed by atoms with Crippen molar-refractivity contribution in [2.24, 2.45) is 5.10 Å². The number of aromatic nitrogens is 3. The van der Waals surface area contributed by atoms with Crippen LogP contribution in [-0.4, -0.2) is 31.3 Å². The smallest absolute Gasteiger partial charge is 0.216 e. The Morgan fingerprint density at radius 2 is 2.14 bits per heavy atom. The highest BCUT2D eigenvalue weighted by molar-refractivity contribution is 7.71. The maximum Gasteiger partial charge on any atom is 0.216 e. The topological polar surface area (TPSA) is 86.4 Å². The average Bonchev–Trinajstić information content (AvgIpc) is 3.10. The van der Waals surface area contributed by atoms with Crippen molar-refractivity contribution < 1.29 is 10.2 Å². The van der Waals surface area contributed by atoms with Crippen LogP contribution >= 0.6 is 23.6 Å². The first kappa shape index (κ1) is 13.5. The first-order valence-corrected chi connectivity index (χ1v) is 7.21. The molecule has 0 amide bonds. The lowest BCUT2D eigenvalue weighted by Gasteiger charge is -1.99. The Kier molecular flexibility index (Phi) is 3.55. The number of nitrogens with zero attached hydrogens (tertiary/aromatic N) is 3. The summed E-state index contributed by atoms with van der Waals surface area (Å²) in [7, 11) is 0. The van der Waals surface area contributed by atoms with Gasteiger partial charge in [0.05, 0.1) is 11.1 Å². The van der Waals surface area contributed by atoms with Gasteiger partial charge >= 0.3 is 0 Å². The number of aromatic amines is 1. The summed E-state index contributed by atoms with van der Waals surface area (Å²) < 4.78 is 1.88. The minimum Gasteiger partial charge on any atom is -0.504 e. The second kappa shape index (κ2) is 5.51. The van der Waals surface area contributed by atoms with Crippen LogP contribution in [0.2, 0.25) is 0 Å². The van der Waals surface area contributed by atoms with Gasteiger partial charge in [-0.05, 0) is 47.4 Å². The fourth-order valence-electron chi connectivity index (χ4n) is 1.71. The summed E-state index contributed by atoms with van der Waals surface area (Å²) in [6.07, 6.45) is 1.53. The minimum absolute atomic E-state index is 0.175. The fraction of sp³-hybridized carbons (Fsp3) is 0. The maximum atomic E-state index is 9.46. The van der Waals surface area contributed by atoms with Gasteiger partial charge in [-0.25, -0.2) is 5.10 Å². The van der Waals surface area contributed by atoms with Gasteiger partial charge in [-0.3, -0.25) is 0 Å². The highest BCUT2D eigenvalue weighted by atomic mass is 32.1. The quantitative estimate of drug-likeness (QED) is 0.394. The molecule has 3 rings (SSSR count). The molecule has 0 atom stereocenters. The van der Waals surface area contributed by atoms with E-state index in [0.717, 1.165) is 4.88 Å². The van der Waals surface area contributed by atoms with Gasteiger partial charge in [0.1, 0.15) is 0 Å². The third kappa shape index (κ3) is 2.71. The lowest BCUT2D eigenvalue weighted by atomic mass is 10.2. The Labute approximate surface area is 128 Å². The van der Waals surface area contributed by atoms with E-state index in [2.05, 4.69) is 15.3 Å². The molecule has 6 nitrogen and oxygen atoms in total. The molecular weight excluding hydrogens is 308 g/mol. The summed E-state index contributed by atoms with van der Waals surface area (Å²) in [5.74, 6) is 0.244. The zero-order valence-electron chi connectivity index (χ0n) is 10.6. The number of nitrogens with one attached hydrogen (secondary N) is 1. The predicted molar refractivity (Wildman–Crippen MR) is 83.5 cm³/mol. The molecule has 0 saturated carbocycles. The zero-order chi connectivity index (χ0) is 14.8. The largest absolute Gasteiger partial charge is 0.504 e. The standard InChI is InChI=1S/C13H10N4O2S2/c18-9-4-3-8(6-10(9)19)7-14-17-12(15-16-13(17)20)11-2-1-5-21-11/h1-7,18-19H,(H,16,20)/b14-7+. The molecule has 21 heavy (non-hydrogen) atoms. The highest BCUT2D eigenvalue weighted by Gasteiger charge is 2.08. The molecule has 2 aromatic heterocycles. The number of rotatable bonds is 3. The van der Waals surface area contributed by atoms with E-state index in [9.17, 15) is 10.2 Å². The summed E-state index contributed by atoms with van der Waals surface area (Å²) in [6.45, 7) is 0. The molecular formula is C13H10N4O2S2. The summed E-state index contributed by atoms with van der Waals surface area (Å²) in [5, 5.41) is 31.8. The molecule has 0 fully saturated rings. The fourth-order valence-corrected chi connectivity index (χ4v) is 2.59. The zero-order valence-corrected chi connectivity index (χ0v) is 12.2. The second-order valence-electron chi connectivity index (χ2n) is 4.13. The first-order valence-electron chi connectivity index (χ1n) is 5.93.